The molecular weight excluding hydrogens is 240 g/mol. The highest BCUT2D eigenvalue weighted by Crippen LogP contribution is 2.17. The van der Waals surface area contributed by atoms with Gasteiger partial charge in [0.1, 0.15) is 0 Å². The molecule has 2 fully saturated rings. The molecule has 5 nitrogen and oxygen atoms in total. The monoisotopic (exact) mass is 262 g/mol. The van der Waals surface area contributed by atoms with Crippen LogP contribution >= 0.6 is 0 Å². The molecule has 0 amide bonds. The van der Waals surface area contributed by atoms with Crippen LogP contribution in [0.4, 0.5) is 5.69 Å². The molecule has 0 saturated carbocycles. The van der Waals surface area contributed by atoms with Crippen LogP contribution in [-0.4, -0.2) is 36.0 Å². The average molecular weight is 262 g/mol. The number of nitrogens with one attached hydrogen (secondary N) is 1. The quantitative estimate of drug-likeness (QED) is 0.877. The highest BCUT2D eigenvalue weighted by molar-refractivity contribution is 5.43. The maximum absolute atomic E-state index is 12.1. The van der Waals surface area contributed by atoms with Gasteiger partial charge in [0.05, 0.1) is 11.9 Å². The largest absolute Gasteiger partial charge is 0.370 e. The van der Waals surface area contributed by atoms with Crippen LogP contribution in [0.25, 0.3) is 0 Å². The van der Waals surface area contributed by atoms with Crippen molar-refractivity contribution in [3.63, 3.8) is 0 Å². The minimum Gasteiger partial charge on any atom is -0.370 e. The summed E-state index contributed by atoms with van der Waals surface area (Å²) in [6, 6.07) is 1.74. The van der Waals surface area contributed by atoms with Crippen LogP contribution in [0.5, 0.6) is 0 Å². The molecule has 3 heterocycles. The molecule has 2 aliphatic rings. The van der Waals surface area contributed by atoms with Crippen LogP contribution in [0.2, 0.25) is 0 Å². The van der Waals surface area contributed by atoms with Crippen LogP contribution < -0.4 is 15.8 Å². The van der Waals surface area contributed by atoms with E-state index >= 15 is 0 Å². The first-order chi connectivity index (χ1) is 9.33. The van der Waals surface area contributed by atoms with Gasteiger partial charge in [-0.1, -0.05) is 0 Å². The Morgan fingerprint density at radius 1 is 1.32 bits per heavy atom. The Hall–Kier alpha value is -1.36. The number of nitrogens with zero attached hydrogens (tertiary/aromatic N) is 3. The van der Waals surface area contributed by atoms with Gasteiger partial charge in [0.2, 0.25) is 0 Å². The summed E-state index contributed by atoms with van der Waals surface area (Å²) in [7, 11) is 0. The van der Waals surface area contributed by atoms with Crippen molar-refractivity contribution >= 4 is 5.69 Å². The van der Waals surface area contributed by atoms with Gasteiger partial charge in [-0.3, -0.25) is 4.79 Å². The zero-order valence-electron chi connectivity index (χ0n) is 11.3. The van der Waals surface area contributed by atoms with Gasteiger partial charge in [0, 0.05) is 25.7 Å². The van der Waals surface area contributed by atoms with E-state index < -0.39 is 0 Å². The third-order valence-corrected chi connectivity index (χ3v) is 4.16. The van der Waals surface area contributed by atoms with Gasteiger partial charge >= 0.3 is 0 Å². The second-order valence-electron chi connectivity index (χ2n) is 5.64. The third kappa shape index (κ3) is 2.97. The summed E-state index contributed by atoms with van der Waals surface area (Å²) >= 11 is 0. The lowest BCUT2D eigenvalue weighted by Gasteiger charge is -2.23. The molecule has 0 bridgehead atoms. The van der Waals surface area contributed by atoms with Crippen molar-refractivity contribution in [2.45, 2.75) is 32.2 Å². The van der Waals surface area contributed by atoms with E-state index in [1.807, 2.05) is 6.20 Å². The van der Waals surface area contributed by atoms with Crippen LogP contribution in [0.1, 0.15) is 25.7 Å². The van der Waals surface area contributed by atoms with Crippen molar-refractivity contribution in [1.82, 2.24) is 15.1 Å². The number of anilines is 1. The fraction of sp³-hybridized carbons (Fsp3) is 0.714. The molecule has 1 N–H and O–H groups in total. The van der Waals surface area contributed by atoms with Crippen LogP contribution in [-0.2, 0) is 6.54 Å². The number of hydrogen-bond donors (Lipinski definition) is 1. The van der Waals surface area contributed by atoms with Gasteiger partial charge in [-0.15, -0.1) is 0 Å². The molecule has 0 aliphatic carbocycles. The number of piperidine rings is 1. The van der Waals surface area contributed by atoms with Crippen LogP contribution in [0.15, 0.2) is 17.1 Å². The van der Waals surface area contributed by atoms with Crippen molar-refractivity contribution in [3.8, 4) is 0 Å². The first-order valence-corrected chi connectivity index (χ1v) is 7.36. The lowest BCUT2D eigenvalue weighted by molar-refractivity contribution is 0.319. The summed E-state index contributed by atoms with van der Waals surface area (Å²) in [6.45, 7) is 4.95. The zero-order valence-corrected chi connectivity index (χ0v) is 11.3. The van der Waals surface area contributed by atoms with Gasteiger partial charge in [0.15, 0.2) is 0 Å². The lowest BCUT2D eigenvalue weighted by atomic mass is 10.00. The Morgan fingerprint density at radius 2 is 2.16 bits per heavy atom. The normalized spacial score (nSPS) is 23.8. The van der Waals surface area contributed by atoms with Gasteiger partial charge in [0.25, 0.3) is 5.56 Å². The topological polar surface area (TPSA) is 50.2 Å². The maximum Gasteiger partial charge on any atom is 0.268 e. The summed E-state index contributed by atoms with van der Waals surface area (Å²) in [6.07, 6.45) is 6.68. The van der Waals surface area contributed by atoms with Gasteiger partial charge < -0.3 is 10.2 Å². The molecule has 0 spiro atoms. The molecule has 19 heavy (non-hydrogen) atoms. The summed E-state index contributed by atoms with van der Waals surface area (Å²) in [5, 5.41) is 7.73. The molecule has 1 aromatic rings. The van der Waals surface area contributed by atoms with E-state index in [2.05, 4.69) is 15.3 Å². The minimum atomic E-state index is 0.0370. The predicted octanol–water partition coefficient (Wildman–Crippen LogP) is 0.843. The summed E-state index contributed by atoms with van der Waals surface area (Å²) < 4.78 is 1.62. The average Bonchev–Trinajstić information content (AvgIpc) is 2.96. The minimum absolute atomic E-state index is 0.0370. The Balaban J connectivity index is 1.70. The van der Waals surface area contributed by atoms with Gasteiger partial charge in [-0.2, -0.15) is 5.10 Å². The summed E-state index contributed by atoms with van der Waals surface area (Å²) in [5.74, 6) is 0.539. The van der Waals surface area contributed by atoms with Crippen molar-refractivity contribution in [2.75, 3.05) is 31.1 Å². The van der Waals surface area contributed by atoms with Gasteiger partial charge in [-0.25, -0.2) is 4.68 Å². The molecule has 104 valence electrons. The Kier molecular flexibility index (Phi) is 3.82. The molecule has 3 rings (SSSR count). The molecule has 1 unspecified atom stereocenters. The number of hydrogen-bond acceptors (Lipinski definition) is 4. The number of rotatable bonds is 3. The maximum atomic E-state index is 12.1. The molecule has 1 aromatic heterocycles. The first-order valence-electron chi connectivity index (χ1n) is 7.36. The molecular formula is C14H22N4O. The second kappa shape index (κ2) is 5.74. The van der Waals surface area contributed by atoms with E-state index in [9.17, 15) is 4.79 Å². The first kappa shape index (κ1) is 12.7. The molecule has 2 aliphatic heterocycles. The van der Waals surface area contributed by atoms with E-state index in [1.165, 1.54) is 25.7 Å². The smallest absolute Gasteiger partial charge is 0.268 e. The van der Waals surface area contributed by atoms with E-state index in [4.69, 9.17) is 0 Å². The fourth-order valence-electron chi connectivity index (χ4n) is 3.03. The van der Waals surface area contributed by atoms with E-state index in [1.54, 1.807) is 10.7 Å². The molecule has 0 aromatic carbocycles. The number of aromatic nitrogens is 2. The summed E-state index contributed by atoms with van der Waals surface area (Å²) in [4.78, 5) is 14.4. The Bertz CT molecular complexity index is 473. The van der Waals surface area contributed by atoms with E-state index in [-0.39, 0.29) is 5.56 Å². The highest BCUT2D eigenvalue weighted by Gasteiger charge is 2.16. The van der Waals surface area contributed by atoms with E-state index in [0.29, 0.717) is 5.92 Å². The highest BCUT2D eigenvalue weighted by atomic mass is 16.1. The lowest BCUT2D eigenvalue weighted by Crippen LogP contribution is -2.35. The fourth-order valence-corrected chi connectivity index (χ4v) is 3.03. The Morgan fingerprint density at radius 3 is 2.84 bits per heavy atom. The second-order valence-corrected chi connectivity index (χ2v) is 5.64. The van der Waals surface area contributed by atoms with Gasteiger partial charge in [-0.05, 0) is 44.7 Å². The SMILES string of the molecule is O=c1cc(N2CCCC2)cnn1CC1CCCNC1. The van der Waals surface area contributed by atoms with Crippen molar-refractivity contribution in [1.29, 1.82) is 0 Å². The molecule has 2 saturated heterocycles. The third-order valence-electron chi connectivity index (χ3n) is 4.16. The van der Waals surface area contributed by atoms with Crippen molar-refractivity contribution in [3.05, 3.63) is 22.6 Å². The molecule has 0 radical (unpaired) electrons. The zero-order chi connectivity index (χ0) is 13.1. The predicted molar refractivity (Wildman–Crippen MR) is 75.5 cm³/mol. The van der Waals surface area contributed by atoms with Crippen molar-refractivity contribution in [2.24, 2.45) is 5.92 Å². The van der Waals surface area contributed by atoms with E-state index in [0.717, 1.165) is 38.4 Å². The summed E-state index contributed by atoms with van der Waals surface area (Å²) in [5.41, 5.74) is 1.02. The molecule has 5 heteroatoms. The Labute approximate surface area is 113 Å². The van der Waals surface area contributed by atoms with Crippen LogP contribution in [0, 0.1) is 5.92 Å². The standard InChI is InChI=1S/C14H22N4O/c19-14-8-13(17-6-1-2-7-17)10-16-18(14)11-12-4-3-5-15-9-12/h8,10,12,15H,1-7,9,11H2. The van der Waals surface area contributed by atoms with Crippen molar-refractivity contribution < 1.29 is 0 Å². The van der Waals surface area contributed by atoms with Crippen LogP contribution in [0.3, 0.4) is 0 Å². The molecule has 1 atom stereocenters.